The van der Waals surface area contributed by atoms with Crippen molar-refractivity contribution in [1.82, 2.24) is 0 Å². The number of hydrogen-bond donors (Lipinski definition) is 2. The summed E-state index contributed by atoms with van der Waals surface area (Å²) in [6, 6.07) is 14.5. The van der Waals surface area contributed by atoms with Crippen molar-refractivity contribution in [2.45, 2.75) is 12.8 Å². The number of fused-ring (bicyclic) bond motifs is 2. The van der Waals surface area contributed by atoms with Crippen LogP contribution >= 0.6 is 11.6 Å². The fourth-order valence-electron chi connectivity index (χ4n) is 2.51. The van der Waals surface area contributed by atoms with Gasteiger partial charge in [-0.3, -0.25) is 0 Å². The smallest absolute Gasteiger partial charge is 0.0426 e. The number of halogens is 1. The molecule has 4 rings (SSSR count). The highest BCUT2D eigenvalue weighted by atomic mass is 35.5. The summed E-state index contributed by atoms with van der Waals surface area (Å²) in [5, 5.41) is 7.37. The van der Waals surface area contributed by atoms with Crippen LogP contribution in [0.15, 0.2) is 42.5 Å². The molecule has 0 saturated heterocycles. The van der Waals surface area contributed by atoms with Crippen molar-refractivity contribution in [1.29, 1.82) is 0 Å². The van der Waals surface area contributed by atoms with Crippen molar-refractivity contribution >= 4 is 23.0 Å². The minimum Gasteiger partial charge on any atom is -0.384 e. The predicted molar refractivity (Wildman–Crippen MR) is 82.3 cm³/mol. The zero-order chi connectivity index (χ0) is 13.1. The van der Waals surface area contributed by atoms with Crippen LogP contribution in [0.25, 0.3) is 0 Å². The lowest BCUT2D eigenvalue weighted by molar-refractivity contribution is 1.11. The van der Waals surface area contributed by atoms with Crippen molar-refractivity contribution in [3.8, 4) is 0 Å². The molecule has 2 aromatic carbocycles. The standard InChI is InChI=1S/C8H8ClN.C8H9N/c9-7-2-1-6-3-4-10-8(6)5-7;1-2-4-8-7(3-1)5-6-9-8/h1-2,5,10H,3-4H2;1-4,9H,5-6H2. The molecule has 0 aliphatic carbocycles. The molecule has 0 spiro atoms. The van der Waals surface area contributed by atoms with Crippen molar-refractivity contribution in [2.24, 2.45) is 0 Å². The Morgan fingerprint density at radius 2 is 1.47 bits per heavy atom. The van der Waals surface area contributed by atoms with Gasteiger partial charge in [-0.25, -0.2) is 0 Å². The summed E-state index contributed by atoms with van der Waals surface area (Å²) in [6.07, 6.45) is 2.32. The lowest BCUT2D eigenvalue weighted by Gasteiger charge is -1.97. The van der Waals surface area contributed by atoms with Crippen LogP contribution in [0.1, 0.15) is 11.1 Å². The van der Waals surface area contributed by atoms with E-state index in [4.69, 9.17) is 11.6 Å². The Hall–Kier alpha value is -1.67. The van der Waals surface area contributed by atoms with Crippen molar-refractivity contribution < 1.29 is 0 Å². The van der Waals surface area contributed by atoms with Crippen LogP contribution in [-0.4, -0.2) is 13.1 Å². The Morgan fingerprint density at radius 1 is 0.789 bits per heavy atom. The molecular weight excluding hydrogens is 256 g/mol. The first-order valence-electron chi connectivity index (χ1n) is 6.67. The molecule has 0 aromatic heterocycles. The summed E-state index contributed by atoms with van der Waals surface area (Å²) in [7, 11) is 0. The lowest BCUT2D eigenvalue weighted by Crippen LogP contribution is -1.90. The third kappa shape index (κ3) is 2.85. The summed E-state index contributed by atoms with van der Waals surface area (Å²) in [5.41, 5.74) is 5.35. The third-order valence-electron chi connectivity index (χ3n) is 3.51. The summed E-state index contributed by atoms with van der Waals surface area (Å²) >= 11 is 5.78. The fourth-order valence-corrected chi connectivity index (χ4v) is 2.68. The van der Waals surface area contributed by atoms with Crippen LogP contribution in [0.2, 0.25) is 5.02 Å². The summed E-state index contributed by atoms with van der Waals surface area (Å²) in [5.74, 6) is 0. The maximum Gasteiger partial charge on any atom is 0.0426 e. The Morgan fingerprint density at radius 3 is 2.26 bits per heavy atom. The van der Waals surface area contributed by atoms with Crippen molar-refractivity contribution in [2.75, 3.05) is 23.7 Å². The molecule has 2 aliphatic heterocycles. The van der Waals surface area contributed by atoms with Gasteiger partial charge in [-0.05, 0) is 42.2 Å². The molecule has 2 N–H and O–H groups in total. The minimum absolute atomic E-state index is 0.813. The zero-order valence-electron chi connectivity index (χ0n) is 10.7. The van der Waals surface area contributed by atoms with Gasteiger partial charge < -0.3 is 10.6 Å². The largest absolute Gasteiger partial charge is 0.384 e. The number of nitrogens with one attached hydrogen (secondary N) is 2. The molecule has 19 heavy (non-hydrogen) atoms. The van der Waals surface area contributed by atoms with Crippen LogP contribution in [0.3, 0.4) is 0 Å². The van der Waals surface area contributed by atoms with E-state index in [-0.39, 0.29) is 0 Å². The molecule has 0 fully saturated rings. The molecule has 0 amide bonds. The number of para-hydroxylation sites is 1. The van der Waals surface area contributed by atoms with Crippen LogP contribution < -0.4 is 10.6 Å². The van der Waals surface area contributed by atoms with Gasteiger partial charge >= 0.3 is 0 Å². The number of rotatable bonds is 0. The molecule has 0 bridgehead atoms. The highest BCUT2D eigenvalue weighted by Gasteiger charge is 2.08. The molecule has 2 heterocycles. The van der Waals surface area contributed by atoms with E-state index in [9.17, 15) is 0 Å². The number of benzene rings is 2. The Balaban J connectivity index is 0.000000117. The molecule has 2 aromatic rings. The second-order valence-corrected chi connectivity index (χ2v) is 5.25. The highest BCUT2D eigenvalue weighted by Crippen LogP contribution is 2.25. The molecule has 0 radical (unpaired) electrons. The van der Waals surface area contributed by atoms with E-state index in [0.717, 1.165) is 24.5 Å². The first-order valence-corrected chi connectivity index (χ1v) is 7.05. The molecule has 2 aliphatic rings. The molecular formula is C16H17ClN2. The van der Waals surface area contributed by atoms with Crippen molar-refractivity contribution in [3.05, 3.63) is 58.6 Å². The maximum absolute atomic E-state index is 5.78. The average Bonchev–Trinajstić information content (AvgIpc) is 3.07. The fraction of sp³-hybridized carbons (Fsp3) is 0.250. The van der Waals surface area contributed by atoms with Crippen LogP contribution in [0, 0.1) is 0 Å². The van der Waals surface area contributed by atoms with Crippen LogP contribution in [0.5, 0.6) is 0 Å². The second-order valence-electron chi connectivity index (χ2n) is 4.81. The quantitative estimate of drug-likeness (QED) is 0.758. The van der Waals surface area contributed by atoms with Gasteiger partial charge in [-0.15, -0.1) is 0 Å². The van der Waals surface area contributed by atoms with E-state index < -0.39 is 0 Å². The normalized spacial score (nSPS) is 14.6. The number of hydrogen-bond acceptors (Lipinski definition) is 2. The van der Waals surface area contributed by atoms with Crippen LogP contribution in [0.4, 0.5) is 11.4 Å². The van der Waals surface area contributed by atoms with E-state index in [1.807, 2.05) is 12.1 Å². The van der Waals surface area contributed by atoms with Gasteiger partial charge in [0.15, 0.2) is 0 Å². The van der Waals surface area contributed by atoms with Gasteiger partial charge in [0.1, 0.15) is 0 Å². The molecule has 2 nitrogen and oxygen atoms in total. The van der Waals surface area contributed by atoms with E-state index >= 15 is 0 Å². The van der Waals surface area contributed by atoms with Gasteiger partial charge in [0.05, 0.1) is 0 Å². The predicted octanol–water partition coefficient (Wildman–Crippen LogP) is 3.96. The molecule has 0 saturated carbocycles. The summed E-state index contributed by atoms with van der Waals surface area (Å²) < 4.78 is 0. The monoisotopic (exact) mass is 272 g/mol. The molecule has 0 unspecified atom stereocenters. The number of anilines is 2. The Kier molecular flexibility index (Phi) is 3.60. The maximum atomic E-state index is 5.78. The minimum atomic E-state index is 0.813. The topological polar surface area (TPSA) is 24.1 Å². The van der Waals surface area contributed by atoms with Gasteiger partial charge in [0, 0.05) is 29.5 Å². The van der Waals surface area contributed by atoms with E-state index in [1.165, 1.54) is 28.9 Å². The first kappa shape index (κ1) is 12.4. The van der Waals surface area contributed by atoms with E-state index in [0.29, 0.717) is 0 Å². The SMILES string of the molecule is Clc1ccc2c(c1)NCC2.c1ccc2c(c1)CCN2. The summed E-state index contributed by atoms with van der Waals surface area (Å²) in [6.45, 7) is 2.16. The third-order valence-corrected chi connectivity index (χ3v) is 3.74. The van der Waals surface area contributed by atoms with Gasteiger partial charge in [0.2, 0.25) is 0 Å². The molecule has 3 heteroatoms. The van der Waals surface area contributed by atoms with Gasteiger partial charge in [0.25, 0.3) is 0 Å². The van der Waals surface area contributed by atoms with Gasteiger partial charge in [-0.1, -0.05) is 35.9 Å². The lowest BCUT2D eigenvalue weighted by atomic mass is 10.2. The van der Waals surface area contributed by atoms with E-state index in [1.54, 1.807) is 0 Å². The van der Waals surface area contributed by atoms with Crippen LogP contribution in [-0.2, 0) is 12.8 Å². The van der Waals surface area contributed by atoms with E-state index in [2.05, 4.69) is 41.0 Å². The average molecular weight is 273 g/mol. The molecule has 0 atom stereocenters. The summed E-state index contributed by atoms with van der Waals surface area (Å²) in [4.78, 5) is 0. The first-order chi connectivity index (χ1) is 9.33. The zero-order valence-corrected chi connectivity index (χ0v) is 11.5. The highest BCUT2D eigenvalue weighted by molar-refractivity contribution is 6.30. The van der Waals surface area contributed by atoms with Gasteiger partial charge in [-0.2, -0.15) is 0 Å². The second kappa shape index (κ2) is 5.54. The molecule has 98 valence electrons. The Labute approximate surface area is 118 Å². The Bertz CT molecular complexity index is 558. The van der Waals surface area contributed by atoms with Crippen molar-refractivity contribution in [3.63, 3.8) is 0 Å².